The molecular formula is C10H7BrFNO2. The van der Waals surface area contributed by atoms with E-state index < -0.39 is 11.8 Å². The lowest BCUT2D eigenvalue weighted by Gasteiger charge is -1.99. The van der Waals surface area contributed by atoms with E-state index in [0.717, 1.165) is 0 Å². The Bertz CT molecular complexity index is 562. The van der Waals surface area contributed by atoms with Crippen LogP contribution in [0.5, 0.6) is 0 Å². The highest BCUT2D eigenvalue weighted by molar-refractivity contribution is 9.10. The minimum atomic E-state index is -1.13. The molecule has 0 radical (unpaired) electrons. The molecule has 0 saturated heterocycles. The highest BCUT2D eigenvalue weighted by atomic mass is 79.9. The number of hydrogen-bond acceptors (Lipinski definition) is 1. The molecule has 0 bridgehead atoms. The number of carboxylic acids is 1. The molecule has 1 heterocycles. The number of aromatic carboxylic acids is 1. The van der Waals surface area contributed by atoms with E-state index in [1.54, 1.807) is 23.7 Å². The zero-order valence-electron chi connectivity index (χ0n) is 7.79. The molecular weight excluding hydrogens is 265 g/mol. The Balaban J connectivity index is 2.95. The quantitative estimate of drug-likeness (QED) is 0.867. The summed E-state index contributed by atoms with van der Waals surface area (Å²) in [5.74, 6) is -1.66. The number of benzene rings is 1. The molecule has 0 atom stereocenters. The van der Waals surface area contributed by atoms with Crippen LogP contribution < -0.4 is 0 Å². The van der Waals surface area contributed by atoms with Gasteiger partial charge in [-0.05, 0) is 28.1 Å². The van der Waals surface area contributed by atoms with E-state index in [2.05, 4.69) is 15.9 Å². The van der Waals surface area contributed by atoms with Gasteiger partial charge in [0.1, 0.15) is 5.82 Å². The summed E-state index contributed by atoms with van der Waals surface area (Å²) >= 11 is 3.03. The van der Waals surface area contributed by atoms with Crippen molar-refractivity contribution < 1.29 is 14.3 Å². The van der Waals surface area contributed by atoms with Gasteiger partial charge in [-0.2, -0.15) is 0 Å². The lowest BCUT2D eigenvalue weighted by molar-refractivity contribution is 0.0698. The van der Waals surface area contributed by atoms with Crippen molar-refractivity contribution >= 4 is 32.8 Å². The van der Waals surface area contributed by atoms with E-state index in [0.29, 0.717) is 5.52 Å². The van der Waals surface area contributed by atoms with Gasteiger partial charge < -0.3 is 9.67 Å². The van der Waals surface area contributed by atoms with Crippen LogP contribution >= 0.6 is 15.9 Å². The van der Waals surface area contributed by atoms with Gasteiger partial charge in [-0.3, -0.25) is 0 Å². The van der Waals surface area contributed by atoms with Crippen molar-refractivity contribution in [1.82, 2.24) is 4.57 Å². The van der Waals surface area contributed by atoms with Crippen LogP contribution in [0.2, 0.25) is 0 Å². The van der Waals surface area contributed by atoms with Crippen LogP contribution in [0.4, 0.5) is 4.39 Å². The largest absolute Gasteiger partial charge is 0.478 e. The summed E-state index contributed by atoms with van der Waals surface area (Å²) in [4.78, 5) is 10.9. The molecule has 3 nitrogen and oxygen atoms in total. The van der Waals surface area contributed by atoms with Crippen molar-refractivity contribution in [2.45, 2.75) is 0 Å². The number of halogens is 2. The van der Waals surface area contributed by atoms with Crippen molar-refractivity contribution in [2.75, 3.05) is 0 Å². The van der Waals surface area contributed by atoms with Gasteiger partial charge in [0.2, 0.25) is 0 Å². The second-order valence-electron chi connectivity index (χ2n) is 3.21. The Morgan fingerprint density at radius 1 is 1.53 bits per heavy atom. The number of fused-ring (bicyclic) bond motifs is 1. The molecule has 0 aliphatic rings. The number of hydrogen-bond donors (Lipinski definition) is 1. The van der Waals surface area contributed by atoms with Gasteiger partial charge in [0.15, 0.2) is 0 Å². The lowest BCUT2D eigenvalue weighted by Crippen LogP contribution is -1.95. The van der Waals surface area contributed by atoms with Crippen LogP contribution in [-0.4, -0.2) is 15.6 Å². The maximum atomic E-state index is 13.7. The predicted molar refractivity (Wildman–Crippen MR) is 57.5 cm³/mol. The molecule has 0 amide bonds. The number of aromatic nitrogens is 1. The van der Waals surface area contributed by atoms with E-state index in [1.807, 2.05) is 0 Å². The first-order chi connectivity index (χ1) is 7.02. The highest BCUT2D eigenvalue weighted by Gasteiger charge is 2.17. The van der Waals surface area contributed by atoms with Crippen LogP contribution in [0.25, 0.3) is 10.9 Å². The molecule has 0 aliphatic heterocycles. The fourth-order valence-corrected chi connectivity index (χ4v) is 1.91. The molecule has 78 valence electrons. The summed E-state index contributed by atoms with van der Waals surface area (Å²) in [7, 11) is 1.68. The summed E-state index contributed by atoms with van der Waals surface area (Å²) in [6.07, 6.45) is 1.41. The molecule has 5 heteroatoms. The molecule has 0 saturated carbocycles. The van der Waals surface area contributed by atoms with Crippen LogP contribution in [0.3, 0.4) is 0 Å². The number of carboxylic acid groups (broad SMARTS) is 1. The summed E-state index contributed by atoms with van der Waals surface area (Å²) < 4.78 is 15.6. The number of aryl methyl sites for hydroxylation is 1. The van der Waals surface area contributed by atoms with Gasteiger partial charge in [-0.1, -0.05) is 0 Å². The summed E-state index contributed by atoms with van der Waals surface area (Å²) in [6, 6.07) is 3.23. The summed E-state index contributed by atoms with van der Waals surface area (Å²) in [6.45, 7) is 0. The first kappa shape index (κ1) is 10.2. The van der Waals surface area contributed by atoms with Gasteiger partial charge in [-0.15, -0.1) is 0 Å². The predicted octanol–water partition coefficient (Wildman–Crippen LogP) is 2.78. The normalized spacial score (nSPS) is 10.9. The molecule has 15 heavy (non-hydrogen) atoms. The van der Waals surface area contributed by atoms with Crippen molar-refractivity contribution in [3.05, 3.63) is 34.2 Å². The average molecular weight is 272 g/mol. The lowest BCUT2D eigenvalue weighted by atomic mass is 10.1. The summed E-state index contributed by atoms with van der Waals surface area (Å²) in [5.41, 5.74) is 0.541. The minimum absolute atomic E-state index is 0.0219. The minimum Gasteiger partial charge on any atom is -0.478 e. The van der Waals surface area contributed by atoms with Gasteiger partial charge in [0.05, 0.1) is 20.9 Å². The average Bonchev–Trinajstić information content (AvgIpc) is 2.50. The van der Waals surface area contributed by atoms with Crippen molar-refractivity contribution in [1.29, 1.82) is 0 Å². The van der Waals surface area contributed by atoms with E-state index in [9.17, 15) is 9.18 Å². The standard InChI is InChI=1S/C10H7BrFNO2/c1-13-4-5(10(14)15)8-7(13)3-2-6(11)9(8)12/h2-4H,1H3,(H,14,15). The van der Waals surface area contributed by atoms with E-state index in [-0.39, 0.29) is 15.4 Å². The monoisotopic (exact) mass is 271 g/mol. The Labute approximate surface area is 93.3 Å². The molecule has 2 aromatic rings. The van der Waals surface area contributed by atoms with Crippen molar-refractivity contribution in [3.63, 3.8) is 0 Å². The van der Waals surface area contributed by atoms with Crippen molar-refractivity contribution in [2.24, 2.45) is 7.05 Å². The SMILES string of the molecule is Cn1cc(C(=O)O)c2c(F)c(Br)ccc21. The molecule has 0 fully saturated rings. The molecule has 0 spiro atoms. The Morgan fingerprint density at radius 2 is 2.20 bits per heavy atom. The molecule has 2 rings (SSSR count). The molecule has 0 aliphatic carbocycles. The van der Waals surface area contributed by atoms with E-state index >= 15 is 0 Å². The van der Waals surface area contributed by atoms with Gasteiger partial charge in [-0.25, -0.2) is 9.18 Å². The zero-order valence-corrected chi connectivity index (χ0v) is 9.38. The van der Waals surface area contributed by atoms with Crippen LogP contribution in [0.1, 0.15) is 10.4 Å². The second kappa shape index (κ2) is 3.34. The van der Waals surface area contributed by atoms with Crippen LogP contribution in [-0.2, 0) is 7.05 Å². The van der Waals surface area contributed by atoms with E-state index in [1.165, 1.54) is 6.20 Å². The third-order valence-corrected chi connectivity index (χ3v) is 2.89. The molecule has 1 aromatic carbocycles. The van der Waals surface area contributed by atoms with Gasteiger partial charge in [0.25, 0.3) is 0 Å². The maximum absolute atomic E-state index is 13.7. The van der Waals surface area contributed by atoms with Crippen LogP contribution in [0, 0.1) is 5.82 Å². The smallest absolute Gasteiger partial charge is 0.337 e. The van der Waals surface area contributed by atoms with E-state index in [4.69, 9.17) is 5.11 Å². The Hall–Kier alpha value is -1.36. The first-order valence-electron chi connectivity index (χ1n) is 4.18. The second-order valence-corrected chi connectivity index (χ2v) is 4.07. The van der Waals surface area contributed by atoms with Crippen LogP contribution in [0.15, 0.2) is 22.8 Å². The fraction of sp³-hybridized carbons (Fsp3) is 0.100. The first-order valence-corrected chi connectivity index (χ1v) is 4.98. The number of rotatable bonds is 1. The Morgan fingerprint density at radius 3 is 2.80 bits per heavy atom. The molecule has 1 aromatic heterocycles. The third-order valence-electron chi connectivity index (χ3n) is 2.28. The number of carbonyl (C=O) groups is 1. The molecule has 1 N–H and O–H groups in total. The summed E-state index contributed by atoms with van der Waals surface area (Å²) in [5, 5.41) is 9.05. The third kappa shape index (κ3) is 1.43. The molecule has 0 unspecified atom stereocenters. The van der Waals surface area contributed by atoms with Gasteiger partial charge >= 0.3 is 5.97 Å². The van der Waals surface area contributed by atoms with Crippen molar-refractivity contribution in [3.8, 4) is 0 Å². The topological polar surface area (TPSA) is 42.2 Å². The van der Waals surface area contributed by atoms with Gasteiger partial charge in [0, 0.05) is 13.2 Å². The maximum Gasteiger partial charge on any atom is 0.337 e. The number of nitrogens with zero attached hydrogens (tertiary/aromatic N) is 1. The fourth-order valence-electron chi connectivity index (χ4n) is 1.58. The highest BCUT2D eigenvalue weighted by Crippen LogP contribution is 2.28. The zero-order chi connectivity index (χ0) is 11.2. The Kier molecular flexibility index (Phi) is 2.26.